The van der Waals surface area contributed by atoms with E-state index >= 15 is 4.39 Å². The molecule has 2 aliphatic carbocycles. The summed E-state index contributed by atoms with van der Waals surface area (Å²) < 4.78 is 141. The topological polar surface area (TPSA) is 167 Å². The van der Waals surface area contributed by atoms with E-state index in [1.54, 1.807) is 6.07 Å². The van der Waals surface area contributed by atoms with Crippen molar-refractivity contribution < 1.29 is 43.9 Å². The van der Waals surface area contributed by atoms with Gasteiger partial charge in [-0.15, -0.1) is 0 Å². The van der Waals surface area contributed by atoms with E-state index < -0.39 is 125 Å². The second-order valence-electron chi connectivity index (χ2n) is 10.8. The number of halogens is 10. The third kappa shape index (κ3) is 5.68. The van der Waals surface area contributed by atoms with E-state index in [4.69, 9.17) is 0 Å². The molecule has 2 aliphatic rings. The van der Waals surface area contributed by atoms with Crippen LogP contribution in [-0.4, -0.2) is 0 Å². The fourth-order valence-electron chi connectivity index (χ4n) is 6.11. The molecule has 256 valence electrons. The highest BCUT2D eigenvalue weighted by atomic mass is 19.4. The van der Waals surface area contributed by atoms with Gasteiger partial charge in [0.15, 0.2) is 0 Å². The Labute approximate surface area is 290 Å². The van der Waals surface area contributed by atoms with Gasteiger partial charge in [0.25, 0.3) is 0 Å². The van der Waals surface area contributed by atoms with E-state index in [2.05, 4.69) is 0 Å². The van der Waals surface area contributed by atoms with Gasteiger partial charge in [0, 0.05) is 33.4 Å². The van der Waals surface area contributed by atoms with Crippen LogP contribution in [0.25, 0.3) is 33.4 Å². The standard InChI is InChI=1S/C36H7F10N7/c37-33-31-20(29(18(9-48)10-49)27(22(31)13-52)15-1-2-17(8-47)25(5-15)35(41,42)43)7-21-30(19(11-50)12-51)28(23(14-53)32(21)33)16-3-4-24(34(38,39)40)26(6-16)36(44,45)46/h1-7H. The largest absolute Gasteiger partial charge is 0.417 e. The van der Waals surface area contributed by atoms with Crippen molar-refractivity contribution in [2.45, 2.75) is 18.5 Å². The van der Waals surface area contributed by atoms with Crippen molar-refractivity contribution >= 4 is 33.4 Å². The number of nitrogens with zero attached hydrogens (tertiary/aromatic N) is 7. The van der Waals surface area contributed by atoms with Crippen LogP contribution < -0.4 is 0 Å². The summed E-state index contributed by atoms with van der Waals surface area (Å²) >= 11 is 0. The SMILES string of the molecule is N#CC(C#N)=C1C(c2ccc(C#N)c(C(F)(F)F)c2)=C(C#N)c2c1cc1c(c2F)C(C#N)=C(c2ccc(C(F)(F)F)c(C(F)(F)F)c2)C1=C(C#N)C#N. The number of fused-ring (bicyclic) bond motifs is 2. The maximum absolute atomic E-state index is 17.0. The van der Waals surface area contributed by atoms with Gasteiger partial charge in [0.1, 0.15) is 53.4 Å². The Balaban J connectivity index is 1.98. The van der Waals surface area contributed by atoms with Gasteiger partial charge in [0.2, 0.25) is 0 Å². The zero-order valence-corrected chi connectivity index (χ0v) is 25.5. The first-order valence-corrected chi connectivity index (χ1v) is 14.0. The minimum Gasteiger partial charge on any atom is -0.206 e. The monoisotopic (exact) mass is 727 g/mol. The lowest BCUT2D eigenvalue weighted by atomic mass is 9.88. The molecule has 0 aromatic heterocycles. The summed E-state index contributed by atoms with van der Waals surface area (Å²) in [6, 6.07) is 13.7. The van der Waals surface area contributed by atoms with Gasteiger partial charge in [-0.1, -0.05) is 12.1 Å². The van der Waals surface area contributed by atoms with Gasteiger partial charge in [-0.2, -0.15) is 76.3 Å². The Morgan fingerprint density at radius 1 is 0.472 bits per heavy atom. The van der Waals surface area contributed by atoms with Crippen molar-refractivity contribution in [3.63, 3.8) is 0 Å². The molecule has 0 unspecified atom stereocenters. The molecule has 0 saturated heterocycles. The summed E-state index contributed by atoms with van der Waals surface area (Å²) in [7, 11) is 0. The molecule has 0 amide bonds. The zero-order chi connectivity index (χ0) is 39.4. The first-order valence-electron chi connectivity index (χ1n) is 14.0. The smallest absolute Gasteiger partial charge is 0.206 e. The predicted molar refractivity (Wildman–Crippen MR) is 160 cm³/mol. The molecule has 0 aliphatic heterocycles. The molecule has 0 bridgehead atoms. The maximum atomic E-state index is 17.0. The quantitative estimate of drug-likeness (QED) is 0.187. The van der Waals surface area contributed by atoms with E-state index in [0.29, 0.717) is 18.2 Å². The fourth-order valence-corrected chi connectivity index (χ4v) is 6.11. The lowest BCUT2D eigenvalue weighted by molar-refractivity contribution is -0.162. The van der Waals surface area contributed by atoms with Gasteiger partial charge in [0.05, 0.1) is 39.5 Å². The molecule has 0 radical (unpaired) electrons. The zero-order valence-electron chi connectivity index (χ0n) is 25.5. The highest BCUT2D eigenvalue weighted by molar-refractivity contribution is 6.30. The van der Waals surface area contributed by atoms with Crippen molar-refractivity contribution in [3.05, 3.63) is 115 Å². The highest BCUT2D eigenvalue weighted by Gasteiger charge is 2.45. The van der Waals surface area contributed by atoms with Crippen LogP contribution in [0.3, 0.4) is 0 Å². The molecule has 7 nitrogen and oxygen atoms in total. The van der Waals surface area contributed by atoms with E-state index in [9.17, 15) is 76.3 Å². The molecule has 53 heavy (non-hydrogen) atoms. The molecule has 5 rings (SSSR count). The van der Waals surface area contributed by atoms with E-state index in [0.717, 1.165) is 12.1 Å². The van der Waals surface area contributed by atoms with Crippen molar-refractivity contribution in [1.82, 2.24) is 0 Å². The molecule has 0 heterocycles. The van der Waals surface area contributed by atoms with Crippen molar-refractivity contribution in [2.75, 3.05) is 0 Å². The van der Waals surface area contributed by atoms with Gasteiger partial charge in [-0.25, -0.2) is 4.39 Å². The lowest BCUT2D eigenvalue weighted by Crippen LogP contribution is -2.16. The fraction of sp³-hybridized carbons (Fsp3) is 0.0833. The minimum atomic E-state index is -5.64. The van der Waals surface area contributed by atoms with Crippen LogP contribution in [0.2, 0.25) is 0 Å². The lowest BCUT2D eigenvalue weighted by Gasteiger charge is -2.18. The summed E-state index contributed by atoms with van der Waals surface area (Å²) in [5.74, 6) is -1.58. The predicted octanol–water partition coefficient (Wildman–Crippen LogP) is 9.25. The van der Waals surface area contributed by atoms with E-state index in [-0.39, 0.29) is 12.1 Å². The number of allylic oxidation sites excluding steroid dienone is 8. The Morgan fingerprint density at radius 2 is 0.868 bits per heavy atom. The molecule has 0 N–H and O–H groups in total. The van der Waals surface area contributed by atoms with Crippen LogP contribution in [0.1, 0.15) is 55.6 Å². The highest BCUT2D eigenvalue weighted by Crippen LogP contribution is 2.56. The molecule has 0 spiro atoms. The Morgan fingerprint density at radius 3 is 1.23 bits per heavy atom. The molecular formula is C36H7F10N7. The second kappa shape index (κ2) is 12.6. The van der Waals surface area contributed by atoms with Gasteiger partial charge in [-0.05, 0) is 52.6 Å². The summed E-state index contributed by atoms with van der Waals surface area (Å²) in [5, 5.41) is 69.1. The third-order valence-electron chi connectivity index (χ3n) is 8.13. The number of hydrogen-bond acceptors (Lipinski definition) is 7. The molecule has 3 aromatic carbocycles. The van der Waals surface area contributed by atoms with Gasteiger partial charge in [-0.3, -0.25) is 0 Å². The summed E-state index contributed by atoms with van der Waals surface area (Å²) in [4.78, 5) is 0. The Hall–Kier alpha value is -7.65. The number of hydrogen-bond donors (Lipinski definition) is 0. The summed E-state index contributed by atoms with van der Waals surface area (Å²) in [6.07, 6.45) is -16.3. The van der Waals surface area contributed by atoms with Crippen LogP contribution in [0, 0.1) is 85.1 Å². The number of benzene rings is 3. The molecule has 17 heteroatoms. The van der Waals surface area contributed by atoms with Crippen LogP contribution in [-0.2, 0) is 18.5 Å². The molecule has 0 atom stereocenters. The molecule has 3 aromatic rings. The molecular weight excluding hydrogens is 720 g/mol. The molecule has 0 saturated carbocycles. The first kappa shape index (κ1) is 36.6. The second-order valence-corrected chi connectivity index (χ2v) is 10.8. The van der Waals surface area contributed by atoms with Crippen molar-refractivity contribution in [3.8, 4) is 42.5 Å². The van der Waals surface area contributed by atoms with Gasteiger partial charge < -0.3 is 0 Å². The number of rotatable bonds is 2. The Bertz CT molecular complexity index is 2620. The number of alkyl halides is 9. The maximum Gasteiger partial charge on any atom is 0.417 e. The van der Waals surface area contributed by atoms with Crippen molar-refractivity contribution in [2.24, 2.45) is 0 Å². The third-order valence-corrected chi connectivity index (χ3v) is 8.13. The normalized spacial score (nSPS) is 13.5. The number of nitriles is 7. The molecule has 0 fully saturated rings. The van der Waals surface area contributed by atoms with E-state index in [1.165, 1.54) is 36.4 Å². The minimum absolute atomic E-state index is 0.0179. The van der Waals surface area contributed by atoms with Crippen molar-refractivity contribution in [1.29, 1.82) is 36.8 Å². The van der Waals surface area contributed by atoms with Gasteiger partial charge >= 0.3 is 18.5 Å². The van der Waals surface area contributed by atoms with Crippen LogP contribution in [0.4, 0.5) is 43.9 Å². The van der Waals surface area contributed by atoms with E-state index in [1.807, 2.05) is 0 Å². The average molecular weight is 727 g/mol. The first-order chi connectivity index (χ1) is 24.8. The van der Waals surface area contributed by atoms with Crippen LogP contribution in [0.15, 0.2) is 53.6 Å². The summed E-state index contributed by atoms with van der Waals surface area (Å²) in [6.45, 7) is 0. The summed E-state index contributed by atoms with van der Waals surface area (Å²) in [5.41, 5.74) is -17.4. The average Bonchev–Trinajstić information content (AvgIpc) is 3.61. The van der Waals surface area contributed by atoms with Crippen LogP contribution >= 0.6 is 0 Å². The Kier molecular flexibility index (Phi) is 8.70. The van der Waals surface area contributed by atoms with Crippen LogP contribution in [0.5, 0.6) is 0 Å².